The monoisotopic (exact) mass is 748 g/mol. The van der Waals surface area contributed by atoms with E-state index in [9.17, 15) is 0 Å². The van der Waals surface area contributed by atoms with Crippen LogP contribution in [-0.4, -0.2) is 4.57 Å². The zero-order valence-corrected chi connectivity index (χ0v) is 32.2. The zero-order chi connectivity index (χ0) is 38.7. The topological polar surface area (TPSA) is 8.17 Å². The van der Waals surface area contributed by atoms with Crippen molar-refractivity contribution in [1.82, 2.24) is 4.57 Å². The van der Waals surface area contributed by atoms with Gasteiger partial charge in [0.05, 0.1) is 27.8 Å². The molecule has 2 heteroatoms. The van der Waals surface area contributed by atoms with Crippen LogP contribution in [-0.2, 0) is 5.41 Å². The van der Waals surface area contributed by atoms with Crippen molar-refractivity contribution in [2.45, 2.75) is 5.41 Å². The molecule has 274 valence electrons. The molecule has 1 atom stereocenters. The second-order valence-corrected chi connectivity index (χ2v) is 16.0. The molecule has 0 radical (unpaired) electrons. The molecule has 0 bridgehead atoms. The molecule has 0 saturated carbocycles. The summed E-state index contributed by atoms with van der Waals surface area (Å²) < 4.78 is 2.52. The van der Waals surface area contributed by atoms with E-state index in [1.165, 1.54) is 93.5 Å². The van der Waals surface area contributed by atoms with E-state index >= 15 is 0 Å². The van der Waals surface area contributed by atoms with Crippen molar-refractivity contribution in [3.63, 3.8) is 0 Å². The van der Waals surface area contributed by atoms with Crippen molar-refractivity contribution < 1.29 is 0 Å². The number of anilines is 3. The molecule has 1 unspecified atom stereocenters. The van der Waals surface area contributed by atoms with Crippen LogP contribution in [0.2, 0.25) is 0 Å². The molecule has 0 saturated heterocycles. The number of fused-ring (bicyclic) bond motifs is 15. The molecular weight excluding hydrogens is 713 g/mol. The van der Waals surface area contributed by atoms with Gasteiger partial charge in [-0.15, -0.1) is 0 Å². The number of hydrogen-bond donors (Lipinski definition) is 0. The van der Waals surface area contributed by atoms with Gasteiger partial charge in [-0.1, -0.05) is 176 Å². The van der Waals surface area contributed by atoms with Crippen LogP contribution < -0.4 is 4.90 Å². The van der Waals surface area contributed by atoms with E-state index in [0.29, 0.717) is 0 Å². The molecule has 0 N–H and O–H groups in total. The highest BCUT2D eigenvalue weighted by Gasteiger charge is 2.51. The van der Waals surface area contributed by atoms with E-state index in [1.54, 1.807) is 0 Å². The number of rotatable bonds is 4. The predicted octanol–water partition coefficient (Wildman–Crippen LogP) is 14.9. The molecule has 1 aromatic heterocycles. The first-order chi connectivity index (χ1) is 29.3. The summed E-state index contributed by atoms with van der Waals surface area (Å²) in [7, 11) is 0. The largest absolute Gasteiger partial charge is 0.310 e. The van der Waals surface area contributed by atoms with Gasteiger partial charge in [0.25, 0.3) is 0 Å². The van der Waals surface area contributed by atoms with E-state index in [1.807, 2.05) is 0 Å². The average molecular weight is 749 g/mol. The Hall–Kier alpha value is -7.68. The van der Waals surface area contributed by atoms with Crippen LogP contribution in [0, 0.1) is 0 Å². The van der Waals surface area contributed by atoms with Gasteiger partial charge >= 0.3 is 0 Å². The Labute approximate surface area is 342 Å². The molecule has 0 fully saturated rings. The molecule has 2 aliphatic rings. The first-order valence-electron chi connectivity index (χ1n) is 20.5. The van der Waals surface area contributed by atoms with Crippen molar-refractivity contribution in [1.29, 1.82) is 0 Å². The summed E-state index contributed by atoms with van der Waals surface area (Å²) >= 11 is 0. The number of aromatic nitrogens is 1. The van der Waals surface area contributed by atoms with Gasteiger partial charge in [-0.2, -0.15) is 0 Å². The molecule has 13 rings (SSSR count). The van der Waals surface area contributed by atoms with Crippen molar-refractivity contribution in [2.24, 2.45) is 0 Å². The molecule has 1 aliphatic heterocycles. The lowest BCUT2D eigenvalue weighted by Crippen LogP contribution is -2.33. The molecule has 10 aromatic carbocycles. The Kier molecular flexibility index (Phi) is 6.68. The molecular formula is C57H36N2. The second-order valence-electron chi connectivity index (χ2n) is 16.0. The predicted molar refractivity (Wildman–Crippen MR) is 247 cm³/mol. The molecule has 59 heavy (non-hydrogen) atoms. The van der Waals surface area contributed by atoms with E-state index in [4.69, 9.17) is 0 Å². The maximum Gasteiger partial charge on any atom is 0.0755 e. The van der Waals surface area contributed by atoms with Crippen LogP contribution in [0.4, 0.5) is 17.1 Å². The Morgan fingerprint density at radius 2 is 1.02 bits per heavy atom. The fourth-order valence-corrected chi connectivity index (χ4v) is 10.8. The van der Waals surface area contributed by atoms with Gasteiger partial charge in [0.15, 0.2) is 0 Å². The van der Waals surface area contributed by atoms with Gasteiger partial charge in [0.2, 0.25) is 0 Å². The quantitative estimate of drug-likeness (QED) is 0.163. The van der Waals surface area contributed by atoms with Crippen molar-refractivity contribution >= 4 is 60.4 Å². The number of para-hydroxylation sites is 3. The first kappa shape index (κ1) is 32.4. The first-order valence-corrected chi connectivity index (χ1v) is 20.5. The third kappa shape index (κ3) is 4.35. The van der Waals surface area contributed by atoms with Crippen molar-refractivity contribution in [3.05, 3.63) is 241 Å². The Morgan fingerprint density at radius 3 is 1.95 bits per heavy atom. The Balaban J connectivity index is 1.13. The highest BCUT2D eigenvalue weighted by atomic mass is 15.1. The minimum Gasteiger partial charge on any atom is -0.310 e. The maximum atomic E-state index is 2.52. The summed E-state index contributed by atoms with van der Waals surface area (Å²) in [5.41, 5.74) is 16.8. The number of nitrogens with zero attached hydrogens (tertiary/aromatic N) is 2. The summed E-state index contributed by atoms with van der Waals surface area (Å²) in [5, 5.41) is 7.54. The van der Waals surface area contributed by atoms with Gasteiger partial charge in [-0.05, 0) is 103 Å². The second kappa shape index (κ2) is 12.2. The molecule has 1 spiro atoms. The Bertz CT molecular complexity index is 3520. The van der Waals surface area contributed by atoms with Crippen LogP contribution in [0.25, 0.3) is 71.3 Å². The third-order valence-corrected chi connectivity index (χ3v) is 13.2. The highest BCUT2D eigenvalue weighted by Crippen LogP contribution is 2.62. The summed E-state index contributed by atoms with van der Waals surface area (Å²) in [5.74, 6) is 0. The van der Waals surface area contributed by atoms with Gasteiger partial charge in [0, 0.05) is 27.5 Å². The Morgan fingerprint density at radius 1 is 0.356 bits per heavy atom. The molecule has 0 amide bonds. The third-order valence-electron chi connectivity index (χ3n) is 13.2. The lowest BCUT2D eigenvalue weighted by atomic mass is 9.65. The molecule has 11 aromatic rings. The standard InChI is InChI=1S/C57H36N2/c1-2-15-37(16-3-1)39-18-12-19-40(35-39)58(53-30-14-23-43-42-20-5-4-17-38(42)31-33-47(43)53)41-32-34-45-44-21-6-8-25-49(44)57(52(45)36-41)50-26-9-11-29-55(50)59-54-28-10-7-22-46(54)48-24-13-27-51(57)56(48)59/h1-36H. The fourth-order valence-electron chi connectivity index (χ4n) is 10.8. The molecule has 1 aliphatic carbocycles. The van der Waals surface area contributed by atoms with Gasteiger partial charge in [-0.25, -0.2) is 0 Å². The SMILES string of the molecule is c1ccc(-c2cccc(N(c3ccc4c(c3)C3(c5ccccc5-4)c4ccccc4-n4c5ccccc5c5cccc3c54)c3cccc4c3ccc3ccccc34)c2)cc1. The zero-order valence-electron chi connectivity index (χ0n) is 32.2. The average Bonchev–Trinajstić information content (AvgIpc) is 3.80. The summed E-state index contributed by atoms with van der Waals surface area (Å²) in [6.07, 6.45) is 0. The van der Waals surface area contributed by atoms with Crippen LogP contribution in [0.1, 0.15) is 22.3 Å². The van der Waals surface area contributed by atoms with E-state index in [0.717, 1.165) is 17.1 Å². The van der Waals surface area contributed by atoms with Crippen LogP contribution >= 0.6 is 0 Å². The smallest absolute Gasteiger partial charge is 0.0755 e. The molecule has 2 nitrogen and oxygen atoms in total. The summed E-state index contributed by atoms with van der Waals surface area (Å²) in [6, 6.07) is 81.2. The van der Waals surface area contributed by atoms with Gasteiger partial charge in [-0.3, -0.25) is 0 Å². The van der Waals surface area contributed by atoms with Crippen LogP contribution in [0.5, 0.6) is 0 Å². The van der Waals surface area contributed by atoms with E-state index in [2.05, 4.69) is 228 Å². The van der Waals surface area contributed by atoms with Crippen LogP contribution in [0.3, 0.4) is 0 Å². The molecule has 2 heterocycles. The number of hydrogen-bond acceptors (Lipinski definition) is 1. The fraction of sp³-hybridized carbons (Fsp3) is 0.0175. The number of benzene rings is 10. The van der Waals surface area contributed by atoms with E-state index in [-0.39, 0.29) is 0 Å². The summed E-state index contributed by atoms with van der Waals surface area (Å²) in [4.78, 5) is 2.49. The van der Waals surface area contributed by atoms with Crippen molar-refractivity contribution in [2.75, 3.05) is 4.90 Å². The van der Waals surface area contributed by atoms with Gasteiger partial charge < -0.3 is 9.47 Å². The van der Waals surface area contributed by atoms with Gasteiger partial charge in [0.1, 0.15) is 0 Å². The van der Waals surface area contributed by atoms with Crippen LogP contribution in [0.15, 0.2) is 218 Å². The normalized spacial score (nSPS) is 14.8. The lowest BCUT2D eigenvalue weighted by Gasteiger charge is -2.40. The minimum atomic E-state index is -0.547. The lowest BCUT2D eigenvalue weighted by molar-refractivity contribution is 0.748. The van der Waals surface area contributed by atoms with E-state index < -0.39 is 5.41 Å². The minimum absolute atomic E-state index is 0.547. The summed E-state index contributed by atoms with van der Waals surface area (Å²) in [6.45, 7) is 0. The maximum absolute atomic E-state index is 2.52. The highest BCUT2D eigenvalue weighted by molar-refractivity contribution is 6.14. The van der Waals surface area contributed by atoms with Crippen molar-refractivity contribution in [3.8, 4) is 27.9 Å².